The Morgan fingerprint density at radius 1 is 0.349 bits per heavy atom. The van der Waals surface area contributed by atoms with Crippen LogP contribution in [0.5, 0.6) is 0 Å². The van der Waals surface area contributed by atoms with Crippen LogP contribution in [0.4, 0.5) is 87.8 Å². The highest BCUT2D eigenvalue weighted by molar-refractivity contribution is 7.20. The molecule has 0 unspecified atom stereocenters. The molecule has 0 saturated heterocycles. The molecule has 1 nitrogen and oxygen atoms in total. The van der Waals surface area contributed by atoms with Crippen molar-refractivity contribution < 1.29 is 92.7 Å². The van der Waals surface area contributed by atoms with E-state index in [9.17, 15) is 52.7 Å². The van der Waals surface area contributed by atoms with Crippen molar-refractivity contribution in [1.29, 1.82) is 0 Å². The smallest absolute Gasteiger partial charge is 0.200 e. The summed E-state index contributed by atoms with van der Waals surface area (Å²) >= 11 is 0. The summed E-state index contributed by atoms with van der Waals surface area (Å²) in [6.07, 6.45) is -6.07. The van der Waals surface area contributed by atoms with E-state index in [1.165, 1.54) is 30.8 Å². The lowest BCUT2D eigenvalue weighted by Crippen LogP contribution is -3.11. The zero-order chi connectivity index (χ0) is 47.9. The molecule has 0 bridgehead atoms. The number of benzene rings is 5. The molecule has 0 aliphatic rings. The van der Waals surface area contributed by atoms with Crippen LogP contribution >= 0.6 is 0 Å². The number of rotatable bonds is 11. The monoisotopic (exact) mass is 927 g/mol. The summed E-state index contributed by atoms with van der Waals surface area (Å²) in [5, 5.41) is 0. The van der Waals surface area contributed by atoms with Gasteiger partial charge in [0.1, 0.15) is 59.2 Å². The van der Waals surface area contributed by atoms with Gasteiger partial charge in [0.15, 0.2) is 69.8 Å². The SMILES string of the molecule is CCc1ccccc1C[NH+](CC(C)C)CC(C)C.Fc1c(F)c(F)c([B-](c2c(F)c(F)c(F)c(F)c2F)(c2c(F)c(F)c(F)c(F)c2F)c2c(F)c(F)c(F)c(F)c2F)c(F)c1F. The van der Waals surface area contributed by atoms with Crippen molar-refractivity contribution in [1.82, 2.24) is 0 Å². The Morgan fingerprint density at radius 2 is 0.556 bits per heavy atom. The third kappa shape index (κ3) is 8.70. The third-order valence-electron chi connectivity index (χ3n) is 10.0. The number of quaternary nitrogens is 1. The average Bonchev–Trinajstić information content (AvgIpc) is 3.23. The highest BCUT2D eigenvalue weighted by atomic mass is 19.2. The fourth-order valence-corrected chi connectivity index (χ4v) is 7.60. The van der Waals surface area contributed by atoms with Crippen molar-refractivity contribution in [2.45, 2.75) is 47.6 Å². The van der Waals surface area contributed by atoms with E-state index in [0.717, 1.165) is 18.3 Å². The van der Waals surface area contributed by atoms with Crippen molar-refractivity contribution in [2.75, 3.05) is 13.1 Å². The topological polar surface area (TPSA) is 4.44 Å². The van der Waals surface area contributed by atoms with Gasteiger partial charge >= 0.3 is 0 Å². The second kappa shape index (κ2) is 19.2. The predicted molar refractivity (Wildman–Crippen MR) is 189 cm³/mol. The normalized spacial score (nSPS) is 11.9. The first kappa shape index (κ1) is 50.4. The van der Waals surface area contributed by atoms with Gasteiger partial charge in [-0.1, -0.05) is 58.9 Å². The first-order valence-electron chi connectivity index (χ1n) is 18.4. The third-order valence-corrected chi connectivity index (χ3v) is 10.0. The van der Waals surface area contributed by atoms with E-state index in [1.54, 1.807) is 4.90 Å². The van der Waals surface area contributed by atoms with Gasteiger partial charge in [-0.05, 0) is 12.0 Å². The second-order valence-corrected chi connectivity index (χ2v) is 15.0. The van der Waals surface area contributed by atoms with E-state index in [-0.39, 0.29) is 0 Å². The largest absolute Gasteiger partial charge is 0.331 e. The summed E-state index contributed by atoms with van der Waals surface area (Å²) in [5.41, 5.74) is -11.3. The molecule has 0 fully saturated rings. The molecule has 5 rings (SSSR count). The maximum atomic E-state index is 15.4. The minimum atomic E-state index is -7.22. The lowest BCUT2D eigenvalue weighted by atomic mass is 9.12. The fraction of sp³-hybridized carbons (Fsp3) is 0.268. The predicted octanol–water partition coefficient (Wildman–Crippen LogP) is 8.79. The van der Waals surface area contributed by atoms with Crippen molar-refractivity contribution in [3.8, 4) is 0 Å². The van der Waals surface area contributed by atoms with Gasteiger partial charge in [0.2, 0.25) is 0 Å². The molecule has 0 saturated carbocycles. The summed E-state index contributed by atoms with van der Waals surface area (Å²) in [7, 11) is 0. The molecule has 0 amide bonds. The highest BCUT2D eigenvalue weighted by Crippen LogP contribution is 2.30. The van der Waals surface area contributed by atoms with Crippen molar-refractivity contribution >= 4 is 28.0 Å². The molecule has 0 spiro atoms. The zero-order valence-corrected chi connectivity index (χ0v) is 32.9. The molecular formula is C41H30BF20N. The van der Waals surface area contributed by atoms with Gasteiger partial charge in [0, 0.05) is 17.4 Å². The average molecular weight is 927 g/mol. The molecule has 0 heterocycles. The summed E-state index contributed by atoms with van der Waals surface area (Å²) in [4.78, 5) is 1.72. The van der Waals surface area contributed by atoms with Gasteiger partial charge in [0.05, 0.1) is 13.1 Å². The summed E-state index contributed by atoms with van der Waals surface area (Å²) < 4.78 is 294. The van der Waals surface area contributed by atoms with Crippen molar-refractivity contribution in [2.24, 2.45) is 11.8 Å². The van der Waals surface area contributed by atoms with Crippen LogP contribution in [0.15, 0.2) is 24.3 Å². The van der Waals surface area contributed by atoms with E-state index in [1.807, 2.05) is 0 Å². The molecule has 0 radical (unpaired) electrons. The Morgan fingerprint density at radius 3 is 0.762 bits per heavy atom. The number of aryl methyl sites for hydroxylation is 1. The standard InChI is InChI=1S/C24BF20.C17H29N/c26-5-1(6(27)14(35)21(42)13(5)34)25(2-7(28)15(36)22(43)16(37)8(2)29,3-9(30)17(38)23(44)18(39)10(3)31)4-11(32)19(40)24(45)20(41)12(4)33;1-6-16-9-7-8-10-17(16)13-18(11-14(2)3)12-15(4)5/h;7-10,14-15H,6,11-13H2,1-5H3/q-1;/p+1. The van der Waals surface area contributed by atoms with Crippen molar-refractivity contribution in [3.05, 3.63) is 152 Å². The number of halogens is 20. The van der Waals surface area contributed by atoms with Crippen LogP contribution < -0.4 is 26.8 Å². The van der Waals surface area contributed by atoms with Crippen LogP contribution in [0.25, 0.3) is 0 Å². The molecule has 5 aromatic rings. The fourth-order valence-electron chi connectivity index (χ4n) is 7.60. The Labute approximate surface area is 344 Å². The van der Waals surface area contributed by atoms with E-state index in [4.69, 9.17) is 0 Å². The van der Waals surface area contributed by atoms with Gasteiger partial charge in [-0.15, -0.1) is 21.9 Å². The number of nitrogens with one attached hydrogen (secondary N) is 1. The van der Waals surface area contributed by atoms with Crippen molar-refractivity contribution in [3.63, 3.8) is 0 Å². The quantitative estimate of drug-likeness (QED) is 0.0586. The molecule has 0 aliphatic carbocycles. The van der Waals surface area contributed by atoms with Gasteiger partial charge in [-0.25, -0.2) is 87.8 Å². The summed E-state index contributed by atoms with van der Waals surface area (Å²) in [5.74, 6) is -69.9. The number of hydrogen-bond acceptors (Lipinski definition) is 0. The van der Waals surface area contributed by atoms with Crippen LogP contribution in [0.1, 0.15) is 45.7 Å². The van der Waals surface area contributed by atoms with Crippen LogP contribution in [-0.4, -0.2) is 19.2 Å². The molecule has 0 aromatic heterocycles. The Balaban J connectivity index is 0.000000405. The minimum absolute atomic E-state index is 0.771. The van der Waals surface area contributed by atoms with Crippen LogP contribution in [0.3, 0.4) is 0 Å². The maximum absolute atomic E-state index is 15.4. The lowest BCUT2D eigenvalue weighted by molar-refractivity contribution is -0.919. The van der Waals surface area contributed by atoms with Crippen LogP contribution in [0.2, 0.25) is 0 Å². The van der Waals surface area contributed by atoms with E-state index < -0.39 is 144 Å². The molecule has 0 aliphatic heterocycles. The first-order valence-corrected chi connectivity index (χ1v) is 18.4. The summed E-state index contributed by atoms with van der Waals surface area (Å²) in [6.45, 7) is 15.3. The first-order chi connectivity index (χ1) is 29.2. The minimum Gasteiger partial charge on any atom is -0.331 e. The Kier molecular flexibility index (Phi) is 15.4. The summed E-state index contributed by atoms with van der Waals surface area (Å²) in [6, 6.07) is 8.92. The Hall–Kier alpha value is -5.28. The van der Waals surface area contributed by atoms with Crippen LogP contribution in [-0.2, 0) is 13.0 Å². The molecular weight excluding hydrogens is 897 g/mol. The zero-order valence-electron chi connectivity index (χ0n) is 32.9. The maximum Gasteiger partial charge on any atom is 0.200 e. The molecule has 0 atom stereocenters. The second-order valence-electron chi connectivity index (χ2n) is 15.0. The van der Waals surface area contributed by atoms with E-state index in [2.05, 4.69) is 58.9 Å². The molecule has 5 aromatic carbocycles. The van der Waals surface area contributed by atoms with Crippen LogP contribution in [0, 0.1) is 128 Å². The van der Waals surface area contributed by atoms with E-state index in [0.29, 0.717) is 0 Å². The molecule has 63 heavy (non-hydrogen) atoms. The van der Waals surface area contributed by atoms with Gasteiger partial charge in [-0.3, -0.25) is 0 Å². The number of hydrogen-bond donors (Lipinski definition) is 1. The molecule has 1 N–H and O–H groups in total. The van der Waals surface area contributed by atoms with Gasteiger partial charge in [0.25, 0.3) is 0 Å². The molecule has 342 valence electrons. The van der Waals surface area contributed by atoms with E-state index >= 15 is 35.1 Å². The lowest BCUT2D eigenvalue weighted by Gasteiger charge is -2.44. The molecule has 22 heteroatoms. The van der Waals surface area contributed by atoms with Gasteiger partial charge in [-0.2, -0.15) is 0 Å². The highest BCUT2D eigenvalue weighted by Gasteiger charge is 2.52. The van der Waals surface area contributed by atoms with Gasteiger partial charge < -0.3 is 4.90 Å². The Bertz CT molecular complexity index is 2170.